The molecule has 0 aliphatic carbocycles. The highest BCUT2D eigenvalue weighted by molar-refractivity contribution is 7.17. The van der Waals surface area contributed by atoms with Crippen LogP contribution in [0.4, 0.5) is 5.13 Å². The summed E-state index contributed by atoms with van der Waals surface area (Å²) in [7, 11) is 1.84. The van der Waals surface area contributed by atoms with E-state index in [-0.39, 0.29) is 5.91 Å². The predicted octanol–water partition coefficient (Wildman–Crippen LogP) is 1.20. The number of anilines is 1. The normalized spacial score (nSPS) is 16.1. The lowest BCUT2D eigenvalue weighted by molar-refractivity contribution is 0.0786. The Balaban J connectivity index is 1.89. The summed E-state index contributed by atoms with van der Waals surface area (Å²) in [6.07, 6.45) is 2.56. The minimum absolute atomic E-state index is 0.0286. The Kier molecular flexibility index (Phi) is 4.19. The fourth-order valence-corrected chi connectivity index (χ4v) is 3.02. The van der Waals surface area contributed by atoms with Gasteiger partial charge in [0.15, 0.2) is 5.13 Å². The van der Waals surface area contributed by atoms with Crippen molar-refractivity contribution in [1.29, 1.82) is 0 Å². The minimum atomic E-state index is 0.0286. The van der Waals surface area contributed by atoms with Crippen molar-refractivity contribution in [2.45, 2.75) is 19.8 Å². The number of hydrogen-bond donors (Lipinski definition) is 1. The number of rotatable bonds is 4. The molecule has 100 valence electrons. The number of likely N-dealkylation sites (tertiary alicyclic amines) is 1. The summed E-state index contributed by atoms with van der Waals surface area (Å²) in [5.41, 5.74) is 6.35. The molecule has 0 spiro atoms. The van der Waals surface area contributed by atoms with E-state index in [2.05, 4.69) is 9.88 Å². The summed E-state index contributed by atoms with van der Waals surface area (Å²) in [5, 5.41) is 0.462. The van der Waals surface area contributed by atoms with Gasteiger partial charge in [-0.1, -0.05) is 11.3 Å². The third kappa shape index (κ3) is 3.00. The topological polar surface area (TPSA) is 62.5 Å². The summed E-state index contributed by atoms with van der Waals surface area (Å²) in [6.45, 7) is 5.86. The first-order valence-electron chi connectivity index (χ1n) is 6.28. The number of hydrogen-bond acceptors (Lipinski definition) is 5. The monoisotopic (exact) mass is 268 g/mol. The van der Waals surface area contributed by atoms with Crippen LogP contribution >= 0.6 is 11.3 Å². The van der Waals surface area contributed by atoms with Crippen LogP contribution in [0.25, 0.3) is 0 Å². The zero-order chi connectivity index (χ0) is 13.1. The number of aryl methyl sites for hydroxylation is 1. The van der Waals surface area contributed by atoms with E-state index in [0.717, 1.165) is 31.9 Å². The van der Waals surface area contributed by atoms with Gasteiger partial charge in [0.2, 0.25) is 0 Å². The lowest BCUT2D eigenvalue weighted by Crippen LogP contribution is -2.35. The van der Waals surface area contributed by atoms with Gasteiger partial charge in [-0.15, -0.1) is 0 Å². The largest absolute Gasteiger partial charge is 0.375 e. The number of nitrogen functional groups attached to an aromatic ring is 1. The first-order chi connectivity index (χ1) is 8.58. The number of nitrogens with two attached hydrogens (primary N) is 1. The molecule has 1 aliphatic rings. The van der Waals surface area contributed by atoms with Crippen LogP contribution in [0.3, 0.4) is 0 Å². The van der Waals surface area contributed by atoms with Crippen molar-refractivity contribution < 1.29 is 4.79 Å². The second-order valence-corrected chi connectivity index (χ2v) is 5.77. The molecule has 1 saturated heterocycles. The predicted molar refractivity (Wildman–Crippen MR) is 73.9 cm³/mol. The molecule has 2 rings (SSSR count). The number of likely N-dealkylation sites (N-methyl/N-ethyl adjacent to an activating group) is 1. The van der Waals surface area contributed by atoms with Gasteiger partial charge in [-0.3, -0.25) is 4.79 Å². The molecular weight excluding hydrogens is 248 g/mol. The number of nitrogens with zero attached hydrogens (tertiary/aromatic N) is 3. The van der Waals surface area contributed by atoms with Gasteiger partial charge in [-0.2, -0.15) is 0 Å². The first kappa shape index (κ1) is 13.3. The van der Waals surface area contributed by atoms with Crippen LogP contribution < -0.4 is 5.73 Å². The molecular formula is C12H20N4OS. The van der Waals surface area contributed by atoms with Crippen LogP contribution in [0.1, 0.15) is 28.2 Å². The standard InChI is InChI=1S/C12H20N4OS/c1-9-10(18-12(13)14-9)11(17)15(2)7-8-16-5-3-4-6-16/h3-8H2,1-2H3,(H2,13,14). The summed E-state index contributed by atoms with van der Waals surface area (Å²) >= 11 is 1.27. The van der Waals surface area contributed by atoms with Crippen molar-refractivity contribution in [3.05, 3.63) is 10.6 Å². The van der Waals surface area contributed by atoms with Crippen molar-refractivity contribution in [3.63, 3.8) is 0 Å². The first-order valence-corrected chi connectivity index (χ1v) is 7.10. The molecule has 0 aromatic carbocycles. The van der Waals surface area contributed by atoms with Crippen molar-refractivity contribution in [2.75, 3.05) is 39.0 Å². The molecule has 2 N–H and O–H groups in total. The Labute approximate surface area is 112 Å². The van der Waals surface area contributed by atoms with E-state index in [4.69, 9.17) is 5.73 Å². The molecule has 18 heavy (non-hydrogen) atoms. The molecule has 2 heterocycles. The summed E-state index contributed by atoms with van der Waals surface area (Å²) in [4.78, 5) is 21.1. The van der Waals surface area contributed by atoms with Gasteiger partial charge in [-0.05, 0) is 32.9 Å². The van der Waals surface area contributed by atoms with E-state index in [1.54, 1.807) is 4.90 Å². The number of aromatic nitrogens is 1. The minimum Gasteiger partial charge on any atom is -0.375 e. The molecule has 1 fully saturated rings. The Hall–Kier alpha value is -1.14. The lowest BCUT2D eigenvalue weighted by Gasteiger charge is -2.21. The van der Waals surface area contributed by atoms with Crippen LogP contribution in [-0.2, 0) is 0 Å². The van der Waals surface area contributed by atoms with E-state index < -0.39 is 0 Å². The summed E-state index contributed by atoms with van der Waals surface area (Å²) in [6, 6.07) is 0. The third-order valence-electron chi connectivity index (χ3n) is 3.30. The maximum absolute atomic E-state index is 12.2. The van der Waals surface area contributed by atoms with Gasteiger partial charge in [0.25, 0.3) is 5.91 Å². The molecule has 5 nitrogen and oxygen atoms in total. The maximum atomic E-state index is 12.2. The van der Waals surface area contributed by atoms with Crippen LogP contribution in [-0.4, -0.2) is 53.9 Å². The zero-order valence-electron chi connectivity index (χ0n) is 11.0. The molecule has 1 aliphatic heterocycles. The Bertz CT molecular complexity index is 426. The van der Waals surface area contributed by atoms with E-state index in [1.165, 1.54) is 24.2 Å². The zero-order valence-corrected chi connectivity index (χ0v) is 11.8. The fourth-order valence-electron chi connectivity index (χ4n) is 2.19. The quantitative estimate of drug-likeness (QED) is 0.891. The van der Waals surface area contributed by atoms with Crippen molar-refractivity contribution in [1.82, 2.24) is 14.8 Å². The average molecular weight is 268 g/mol. The Morgan fingerprint density at radius 1 is 1.50 bits per heavy atom. The van der Waals surface area contributed by atoms with E-state index in [1.807, 2.05) is 14.0 Å². The fraction of sp³-hybridized carbons (Fsp3) is 0.667. The lowest BCUT2D eigenvalue weighted by atomic mass is 10.3. The average Bonchev–Trinajstić information content (AvgIpc) is 2.94. The van der Waals surface area contributed by atoms with Crippen LogP contribution in [0.2, 0.25) is 0 Å². The van der Waals surface area contributed by atoms with Gasteiger partial charge in [0, 0.05) is 20.1 Å². The Morgan fingerprint density at radius 3 is 2.72 bits per heavy atom. The van der Waals surface area contributed by atoms with E-state index >= 15 is 0 Å². The summed E-state index contributed by atoms with van der Waals surface area (Å²) in [5.74, 6) is 0.0286. The molecule has 6 heteroatoms. The third-order valence-corrected chi connectivity index (χ3v) is 4.28. The van der Waals surface area contributed by atoms with Crippen molar-refractivity contribution in [3.8, 4) is 0 Å². The smallest absolute Gasteiger partial charge is 0.265 e. The second-order valence-electron chi connectivity index (χ2n) is 4.74. The van der Waals surface area contributed by atoms with E-state index in [0.29, 0.717) is 10.0 Å². The number of carbonyl (C=O) groups is 1. The SMILES string of the molecule is Cc1nc(N)sc1C(=O)N(C)CCN1CCCC1. The van der Waals surface area contributed by atoms with Gasteiger partial charge in [0.1, 0.15) is 4.88 Å². The second kappa shape index (κ2) is 5.67. The van der Waals surface area contributed by atoms with Crippen LogP contribution in [0, 0.1) is 6.92 Å². The molecule has 1 amide bonds. The highest BCUT2D eigenvalue weighted by Gasteiger charge is 2.19. The van der Waals surface area contributed by atoms with Gasteiger partial charge < -0.3 is 15.5 Å². The van der Waals surface area contributed by atoms with E-state index in [9.17, 15) is 4.79 Å². The molecule has 0 radical (unpaired) electrons. The summed E-state index contributed by atoms with van der Waals surface area (Å²) < 4.78 is 0. The maximum Gasteiger partial charge on any atom is 0.265 e. The van der Waals surface area contributed by atoms with Gasteiger partial charge in [-0.25, -0.2) is 4.98 Å². The van der Waals surface area contributed by atoms with Crippen LogP contribution in [0.5, 0.6) is 0 Å². The Morgan fingerprint density at radius 2 is 2.17 bits per heavy atom. The number of amides is 1. The number of thiazole rings is 1. The molecule has 0 bridgehead atoms. The molecule has 0 atom stereocenters. The molecule has 0 saturated carbocycles. The molecule has 1 aromatic rings. The van der Waals surface area contributed by atoms with Crippen molar-refractivity contribution in [2.24, 2.45) is 0 Å². The number of carbonyl (C=O) groups excluding carboxylic acids is 1. The van der Waals surface area contributed by atoms with Gasteiger partial charge >= 0.3 is 0 Å². The highest BCUT2D eigenvalue weighted by Crippen LogP contribution is 2.21. The van der Waals surface area contributed by atoms with Gasteiger partial charge in [0.05, 0.1) is 5.69 Å². The molecule has 0 unspecified atom stereocenters. The van der Waals surface area contributed by atoms with Crippen molar-refractivity contribution >= 4 is 22.4 Å². The molecule has 1 aromatic heterocycles. The van der Waals surface area contributed by atoms with Crippen LogP contribution in [0.15, 0.2) is 0 Å². The highest BCUT2D eigenvalue weighted by atomic mass is 32.1.